The number of hydrogen-bond acceptors (Lipinski definition) is 4. The van der Waals surface area contributed by atoms with Gasteiger partial charge in [0.25, 0.3) is 5.91 Å². The minimum Gasteiger partial charge on any atom is -0.497 e. The number of carbonyl (C=O) groups excluding carboxylic acids is 1. The molecule has 0 heterocycles. The van der Waals surface area contributed by atoms with Gasteiger partial charge in [-0.25, -0.2) is 0 Å². The second-order valence-electron chi connectivity index (χ2n) is 8.36. The van der Waals surface area contributed by atoms with Gasteiger partial charge in [-0.3, -0.25) is 4.79 Å². The van der Waals surface area contributed by atoms with E-state index in [1.54, 1.807) is 27.3 Å². The average Bonchev–Trinajstić information content (AvgIpc) is 2.85. The lowest BCUT2D eigenvalue weighted by Gasteiger charge is -2.18. The molecular formula is C27H29F3N2O3. The Morgan fingerprint density at radius 2 is 1.74 bits per heavy atom. The molecule has 1 unspecified atom stereocenters. The fourth-order valence-electron chi connectivity index (χ4n) is 3.45. The van der Waals surface area contributed by atoms with Crippen molar-refractivity contribution in [3.63, 3.8) is 0 Å². The van der Waals surface area contributed by atoms with Gasteiger partial charge in [0.2, 0.25) is 0 Å². The van der Waals surface area contributed by atoms with Crippen LogP contribution in [-0.2, 0) is 17.5 Å². The lowest BCUT2D eigenvalue weighted by molar-refractivity contribution is -0.137. The van der Waals surface area contributed by atoms with Crippen molar-refractivity contribution in [3.05, 3.63) is 83.4 Å². The Kier molecular flexibility index (Phi) is 8.40. The van der Waals surface area contributed by atoms with Gasteiger partial charge in [-0.05, 0) is 60.0 Å². The van der Waals surface area contributed by atoms with E-state index in [0.717, 1.165) is 29.0 Å². The quantitative estimate of drug-likeness (QED) is 0.422. The summed E-state index contributed by atoms with van der Waals surface area (Å²) in [5, 5.41) is 3.45. The Morgan fingerprint density at radius 3 is 2.37 bits per heavy atom. The maximum Gasteiger partial charge on any atom is 0.416 e. The number of amides is 1. The maximum atomic E-state index is 13.0. The first-order valence-corrected chi connectivity index (χ1v) is 11.1. The van der Waals surface area contributed by atoms with Crippen molar-refractivity contribution >= 4 is 5.91 Å². The number of hydrogen-bond donors (Lipinski definition) is 1. The molecule has 1 amide bonds. The van der Waals surface area contributed by atoms with Crippen LogP contribution >= 0.6 is 0 Å². The fourth-order valence-corrected chi connectivity index (χ4v) is 3.45. The Labute approximate surface area is 203 Å². The van der Waals surface area contributed by atoms with Crippen LogP contribution in [0.4, 0.5) is 13.2 Å². The van der Waals surface area contributed by atoms with E-state index in [0.29, 0.717) is 23.4 Å². The van der Waals surface area contributed by atoms with Crippen molar-refractivity contribution in [1.29, 1.82) is 0 Å². The zero-order valence-electron chi connectivity index (χ0n) is 20.1. The molecule has 1 atom stereocenters. The van der Waals surface area contributed by atoms with Crippen molar-refractivity contribution < 1.29 is 27.4 Å². The standard InChI is InChI=1S/C27H29F3N2O3/c1-18(21-6-5-7-23(15-21)34-4)31-16-19-8-13-25(35-17-26(33)32(2)3)24(14-19)20-9-11-22(12-10-20)27(28,29)30/h5-15,18,31H,16-17H2,1-4H3. The monoisotopic (exact) mass is 486 g/mol. The van der Waals surface area contributed by atoms with Gasteiger partial charge < -0.3 is 19.7 Å². The summed E-state index contributed by atoms with van der Waals surface area (Å²) in [6.07, 6.45) is -4.42. The van der Waals surface area contributed by atoms with Crippen molar-refractivity contribution in [2.45, 2.75) is 25.7 Å². The van der Waals surface area contributed by atoms with Gasteiger partial charge >= 0.3 is 6.18 Å². The van der Waals surface area contributed by atoms with Crippen molar-refractivity contribution in [3.8, 4) is 22.6 Å². The van der Waals surface area contributed by atoms with E-state index in [1.165, 1.54) is 17.0 Å². The number of halogens is 3. The zero-order chi connectivity index (χ0) is 25.6. The number of alkyl halides is 3. The lowest BCUT2D eigenvalue weighted by Crippen LogP contribution is -2.27. The Bertz CT molecular complexity index is 1150. The van der Waals surface area contributed by atoms with E-state index < -0.39 is 11.7 Å². The van der Waals surface area contributed by atoms with Crippen molar-refractivity contribution in [1.82, 2.24) is 10.2 Å². The van der Waals surface area contributed by atoms with Crippen molar-refractivity contribution in [2.24, 2.45) is 0 Å². The third-order valence-electron chi connectivity index (χ3n) is 5.62. The maximum absolute atomic E-state index is 13.0. The van der Waals surface area contributed by atoms with E-state index in [1.807, 2.05) is 43.3 Å². The molecule has 3 aromatic carbocycles. The number of rotatable bonds is 9. The molecule has 0 saturated carbocycles. The van der Waals surface area contributed by atoms with E-state index >= 15 is 0 Å². The first-order valence-electron chi connectivity index (χ1n) is 11.1. The highest BCUT2D eigenvalue weighted by molar-refractivity contribution is 5.78. The van der Waals surface area contributed by atoms with E-state index in [-0.39, 0.29) is 18.6 Å². The summed E-state index contributed by atoms with van der Waals surface area (Å²) in [4.78, 5) is 13.4. The highest BCUT2D eigenvalue weighted by atomic mass is 19.4. The molecule has 0 aliphatic heterocycles. The first kappa shape index (κ1) is 26.1. The van der Waals surface area contributed by atoms with Crippen LogP contribution in [0, 0.1) is 0 Å². The predicted octanol–water partition coefficient (Wildman–Crippen LogP) is 5.70. The molecule has 8 heteroatoms. The Balaban J connectivity index is 1.84. The first-order chi connectivity index (χ1) is 16.6. The smallest absolute Gasteiger partial charge is 0.416 e. The van der Waals surface area contributed by atoms with Crippen LogP contribution in [0.3, 0.4) is 0 Å². The molecule has 0 aromatic heterocycles. The molecule has 186 valence electrons. The molecule has 0 aliphatic carbocycles. The normalized spacial score (nSPS) is 12.2. The van der Waals surface area contributed by atoms with Crippen LogP contribution in [0.1, 0.15) is 29.7 Å². The van der Waals surface area contributed by atoms with E-state index in [4.69, 9.17) is 9.47 Å². The molecule has 0 aliphatic rings. The minimum atomic E-state index is -4.42. The van der Waals surface area contributed by atoms with Gasteiger partial charge in [-0.15, -0.1) is 0 Å². The van der Waals surface area contributed by atoms with Crippen LogP contribution in [-0.4, -0.2) is 38.6 Å². The number of benzene rings is 3. The summed E-state index contributed by atoms with van der Waals surface area (Å²) >= 11 is 0. The number of nitrogens with zero attached hydrogens (tertiary/aromatic N) is 1. The number of ether oxygens (including phenoxy) is 2. The number of nitrogens with one attached hydrogen (secondary N) is 1. The van der Waals surface area contributed by atoms with Gasteiger partial charge in [0.05, 0.1) is 12.7 Å². The molecule has 3 rings (SSSR count). The fraction of sp³-hybridized carbons (Fsp3) is 0.296. The molecular weight excluding hydrogens is 457 g/mol. The summed E-state index contributed by atoms with van der Waals surface area (Å²) < 4.78 is 50.1. The highest BCUT2D eigenvalue weighted by Gasteiger charge is 2.30. The van der Waals surface area contributed by atoms with Crippen LogP contribution in [0.2, 0.25) is 0 Å². The van der Waals surface area contributed by atoms with Gasteiger partial charge in [0.1, 0.15) is 11.5 Å². The number of likely N-dealkylation sites (N-methyl/N-ethyl adjacent to an activating group) is 1. The molecule has 35 heavy (non-hydrogen) atoms. The van der Waals surface area contributed by atoms with Gasteiger partial charge in [-0.2, -0.15) is 13.2 Å². The van der Waals surface area contributed by atoms with Gasteiger partial charge in [-0.1, -0.05) is 30.3 Å². The molecule has 0 spiro atoms. The summed E-state index contributed by atoms with van der Waals surface area (Å²) in [7, 11) is 4.87. The molecule has 1 N–H and O–H groups in total. The predicted molar refractivity (Wildman–Crippen MR) is 129 cm³/mol. The molecule has 3 aromatic rings. The zero-order valence-corrected chi connectivity index (χ0v) is 20.1. The summed E-state index contributed by atoms with van der Waals surface area (Å²) in [6, 6.07) is 18.2. The molecule has 5 nitrogen and oxygen atoms in total. The SMILES string of the molecule is COc1cccc(C(C)NCc2ccc(OCC(=O)N(C)C)c(-c3ccc(C(F)(F)F)cc3)c2)c1. The number of carbonyl (C=O) groups is 1. The third kappa shape index (κ3) is 6.99. The van der Waals surface area contributed by atoms with E-state index in [2.05, 4.69) is 5.32 Å². The Hall–Kier alpha value is -3.52. The van der Waals surface area contributed by atoms with Crippen molar-refractivity contribution in [2.75, 3.05) is 27.8 Å². The number of methoxy groups -OCH3 is 1. The summed E-state index contributed by atoms with van der Waals surface area (Å²) in [5.74, 6) is 0.972. The summed E-state index contributed by atoms with van der Waals surface area (Å²) in [6.45, 7) is 2.38. The minimum absolute atomic E-state index is 0.0354. The topological polar surface area (TPSA) is 50.8 Å². The van der Waals surface area contributed by atoms with E-state index in [9.17, 15) is 18.0 Å². The molecule has 0 radical (unpaired) electrons. The average molecular weight is 487 g/mol. The second kappa shape index (κ2) is 11.3. The molecule has 0 bridgehead atoms. The van der Waals surface area contributed by atoms with Gasteiger partial charge in [0.15, 0.2) is 6.61 Å². The lowest BCUT2D eigenvalue weighted by atomic mass is 10.00. The molecule has 0 fully saturated rings. The molecule has 0 saturated heterocycles. The largest absolute Gasteiger partial charge is 0.497 e. The highest BCUT2D eigenvalue weighted by Crippen LogP contribution is 2.35. The van der Waals surface area contributed by atoms with Gasteiger partial charge in [0, 0.05) is 32.2 Å². The van der Waals surface area contributed by atoms with Crippen LogP contribution in [0.15, 0.2) is 66.7 Å². The second-order valence-corrected chi connectivity index (χ2v) is 8.36. The third-order valence-corrected chi connectivity index (χ3v) is 5.62. The Morgan fingerprint density at radius 1 is 1.03 bits per heavy atom. The summed E-state index contributed by atoms with van der Waals surface area (Å²) in [5.41, 5.74) is 2.43. The van der Waals surface area contributed by atoms with Crippen LogP contribution in [0.25, 0.3) is 11.1 Å². The van der Waals surface area contributed by atoms with Crippen LogP contribution in [0.5, 0.6) is 11.5 Å². The van der Waals surface area contributed by atoms with Crippen LogP contribution < -0.4 is 14.8 Å².